The fraction of sp³-hybridized carbons (Fsp3) is 0.471. The third-order valence-electron chi connectivity index (χ3n) is 8.55. The van der Waals surface area contributed by atoms with Gasteiger partial charge in [0.15, 0.2) is 0 Å². The fourth-order valence-corrected chi connectivity index (χ4v) is 7.57. The first-order valence-corrected chi connectivity index (χ1v) is 18.5. The smallest absolute Gasteiger partial charge is 0.315 e. The maximum Gasteiger partial charge on any atom is 0.315 e. The number of urea groups is 1. The number of aliphatic hydroxyl groups is 1. The van der Waals surface area contributed by atoms with E-state index in [0.29, 0.717) is 23.5 Å². The van der Waals surface area contributed by atoms with Crippen molar-refractivity contribution in [1.29, 1.82) is 0 Å². The normalized spacial score (nSPS) is 16.2. The monoisotopic (exact) mass is 698 g/mol. The minimum absolute atomic E-state index is 0.0949. The predicted molar refractivity (Wildman–Crippen MR) is 186 cm³/mol. The number of carbonyl (C=O) groups is 2. The van der Waals surface area contributed by atoms with Crippen LogP contribution in [-0.4, -0.2) is 66.6 Å². The molecule has 1 fully saturated rings. The summed E-state index contributed by atoms with van der Waals surface area (Å²) in [4.78, 5) is 31.0. The van der Waals surface area contributed by atoms with Gasteiger partial charge in [0.05, 0.1) is 40.0 Å². The number of amides is 3. The Bertz CT molecular complexity index is 1660. The van der Waals surface area contributed by atoms with Crippen LogP contribution in [0.25, 0.3) is 0 Å². The second-order valence-electron chi connectivity index (χ2n) is 12.7. The maximum atomic E-state index is 13.6. The molecule has 1 aromatic heterocycles. The number of benzene rings is 2. The lowest BCUT2D eigenvalue weighted by Gasteiger charge is -2.29. The summed E-state index contributed by atoms with van der Waals surface area (Å²) in [5.41, 5.74) is 2.73. The molecule has 0 aliphatic heterocycles. The van der Waals surface area contributed by atoms with Crippen molar-refractivity contribution in [3.8, 4) is 0 Å². The molecule has 0 unspecified atom stereocenters. The van der Waals surface area contributed by atoms with Crippen molar-refractivity contribution in [3.63, 3.8) is 0 Å². The molecule has 6 N–H and O–H groups in total. The average Bonchev–Trinajstić information content (AvgIpc) is 3.47. The van der Waals surface area contributed by atoms with Crippen LogP contribution in [0, 0.1) is 18.8 Å². The van der Waals surface area contributed by atoms with Gasteiger partial charge in [-0.25, -0.2) is 22.9 Å². The summed E-state index contributed by atoms with van der Waals surface area (Å²) in [6.07, 6.45) is 3.86. The molecule has 260 valence electrons. The standard InChI is InChI=1S/C34H46N6O6S2/c1-21(2)32(40-34(43)37-22(3)29-20-47-23(4)38-29)33(42)39-28(17-25-9-6-5-7-10-25)30(41)19-36-48(45,46)31-14-13-26(18-35-44)16-27(31)15-24-11-8-12-24/h5-7,9-10,13-14,16,18,20-22,24,28,30,32,36,41,44H,8,11-12,15,17,19H2,1-4H3,(H,39,42)(H2,37,40,43)/b35-18+/t22-,28-,30+,32-/m0/s1. The van der Waals surface area contributed by atoms with Gasteiger partial charge in [0, 0.05) is 11.9 Å². The van der Waals surface area contributed by atoms with Crippen molar-refractivity contribution >= 4 is 39.5 Å². The van der Waals surface area contributed by atoms with E-state index in [1.54, 1.807) is 32.9 Å². The number of nitrogens with one attached hydrogen (secondary N) is 4. The molecule has 1 heterocycles. The number of hydrogen-bond donors (Lipinski definition) is 6. The second-order valence-corrected chi connectivity index (χ2v) is 15.5. The minimum atomic E-state index is -4.06. The van der Waals surface area contributed by atoms with E-state index in [1.165, 1.54) is 23.6 Å². The summed E-state index contributed by atoms with van der Waals surface area (Å²) in [6, 6.07) is 11.2. The highest BCUT2D eigenvalue weighted by Crippen LogP contribution is 2.32. The summed E-state index contributed by atoms with van der Waals surface area (Å²) in [5, 5.41) is 34.6. The Morgan fingerprint density at radius 1 is 1.08 bits per heavy atom. The van der Waals surface area contributed by atoms with Crippen LogP contribution in [-0.2, 0) is 27.7 Å². The van der Waals surface area contributed by atoms with Crippen molar-refractivity contribution in [3.05, 3.63) is 81.3 Å². The largest absolute Gasteiger partial charge is 0.411 e. The number of nitrogens with zero attached hydrogens (tertiary/aromatic N) is 2. The number of aromatic nitrogens is 1. The van der Waals surface area contributed by atoms with Crippen LogP contribution >= 0.6 is 11.3 Å². The molecule has 0 saturated heterocycles. The van der Waals surface area contributed by atoms with E-state index in [9.17, 15) is 23.1 Å². The average molecular weight is 699 g/mol. The van der Waals surface area contributed by atoms with Gasteiger partial charge in [0.2, 0.25) is 15.9 Å². The summed E-state index contributed by atoms with van der Waals surface area (Å²) in [5.74, 6) is -0.432. The van der Waals surface area contributed by atoms with E-state index < -0.39 is 40.1 Å². The number of thiazole rings is 1. The van der Waals surface area contributed by atoms with Gasteiger partial charge in [-0.2, -0.15) is 0 Å². The van der Waals surface area contributed by atoms with E-state index in [0.717, 1.165) is 35.5 Å². The minimum Gasteiger partial charge on any atom is -0.411 e. The van der Waals surface area contributed by atoms with Crippen molar-refractivity contribution < 1.29 is 28.3 Å². The maximum absolute atomic E-state index is 13.6. The van der Waals surface area contributed by atoms with Crippen molar-refractivity contribution in [2.45, 2.75) is 88.9 Å². The van der Waals surface area contributed by atoms with Crippen LogP contribution in [0.2, 0.25) is 0 Å². The van der Waals surface area contributed by atoms with Gasteiger partial charge in [-0.1, -0.05) is 74.7 Å². The number of aliphatic hydroxyl groups excluding tert-OH is 1. The van der Waals surface area contributed by atoms with Gasteiger partial charge < -0.3 is 26.3 Å². The Hall–Kier alpha value is -3.85. The predicted octanol–water partition coefficient (Wildman–Crippen LogP) is 4.05. The highest BCUT2D eigenvalue weighted by Gasteiger charge is 2.31. The van der Waals surface area contributed by atoms with Crippen LogP contribution < -0.4 is 20.7 Å². The summed E-state index contributed by atoms with van der Waals surface area (Å²) in [6.45, 7) is 6.92. The molecule has 4 rings (SSSR count). The van der Waals surface area contributed by atoms with E-state index in [4.69, 9.17) is 5.21 Å². The van der Waals surface area contributed by atoms with Crippen LogP contribution in [0.15, 0.2) is 64.0 Å². The topological polar surface area (TPSA) is 182 Å². The molecule has 1 aliphatic carbocycles. The highest BCUT2D eigenvalue weighted by molar-refractivity contribution is 7.89. The molecule has 3 aromatic rings. The first-order chi connectivity index (χ1) is 22.9. The molecule has 1 saturated carbocycles. The molecule has 1 aliphatic rings. The Morgan fingerprint density at radius 2 is 1.81 bits per heavy atom. The molecule has 0 radical (unpaired) electrons. The molecule has 2 aromatic carbocycles. The third-order valence-corrected chi connectivity index (χ3v) is 10.9. The van der Waals surface area contributed by atoms with E-state index >= 15 is 0 Å². The lowest BCUT2D eigenvalue weighted by atomic mass is 9.81. The first-order valence-electron chi connectivity index (χ1n) is 16.2. The molecule has 0 spiro atoms. The van der Waals surface area contributed by atoms with Crippen LogP contribution in [0.4, 0.5) is 4.79 Å². The lowest BCUT2D eigenvalue weighted by molar-refractivity contribution is -0.125. The third kappa shape index (κ3) is 10.3. The summed E-state index contributed by atoms with van der Waals surface area (Å²) < 4.78 is 29.7. The quantitative estimate of drug-likeness (QED) is 0.0741. The highest BCUT2D eigenvalue weighted by atomic mass is 32.2. The number of rotatable bonds is 16. The van der Waals surface area contributed by atoms with Gasteiger partial charge >= 0.3 is 6.03 Å². The van der Waals surface area contributed by atoms with Crippen LogP contribution in [0.3, 0.4) is 0 Å². The molecule has 14 heteroatoms. The van der Waals surface area contributed by atoms with Crippen molar-refractivity contribution in [2.75, 3.05) is 6.54 Å². The molecular formula is C34H46N6O6S2. The molecule has 3 amide bonds. The van der Waals surface area contributed by atoms with E-state index in [-0.39, 0.29) is 29.8 Å². The zero-order valence-corrected chi connectivity index (χ0v) is 29.4. The first kappa shape index (κ1) is 37.0. The Balaban J connectivity index is 1.47. The zero-order chi connectivity index (χ0) is 34.8. The fourth-order valence-electron chi connectivity index (χ4n) is 5.58. The molecule has 4 atom stereocenters. The molecule has 12 nitrogen and oxygen atoms in total. The zero-order valence-electron chi connectivity index (χ0n) is 27.7. The number of hydrogen-bond acceptors (Lipinski definition) is 9. The van der Waals surface area contributed by atoms with E-state index in [1.807, 2.05) is 42.6 Å². The lowest BCUT2D eigenvalue weighted by Crippen LogP contribution is -2.57. The number of aryl methyl sites for hydroxylation is 1. The van der Waals surface area contributed by atoms with Crippen LogP contribution in [0.1, 0.15) is 73.5 Å². The van der Waals surface area contributed by atoms with Gasteiger partial charge in [-0.15, -0.1) is 11.3 Å². The second kappa shape index (κ2) is 17.0. The number of sulfonamides is 1. The number of carbonyl (C=O) groups excluding carboxylic acids is 2. The SMILES string of the molecule is Cc1nc([C@H](C)NC(=O)N[C@H](C(=O)N[C@@H](Cc2ccccc2)[C@H](O)CNS(=O)(=O)c2ccc(/C=N/O)cc2CC2CCC2)C(C)C)cs1. The Labute approximate surface area is 286 Å². The van der Waals surface area contributed by atoms with Crippen molar-refractivity contribution in [2.24, 2.45) is 17.0 Å². The molecule has 48 heavy (non-hydrogen) atoms. The van der Waals surface area contributed by atoms with Crippen LogP contribution in [0.5, 0.6) is 0 Å². The van der Waals surface area contributed by atoms with Gasteiger partial charge in [0.25, 0.3) is 0 Å². The van der Waals surface area contributed by atoms with Gasteiger partial charge in [0.1, 0.15) is 6.04 Å². The van der Waals surface area contributed by atoms with Gasteiger partial charge in [-0.05, 0) is 67.3 Å². The molecular weight excluding hydrogens is 653 g/mol. The van der Waals surface area contributed by atoms with E-state index in [2.05, 4.69) is 30.8 Å². The Morgan fingerprint density at radius 3 is 2.42 bits per heavy atom. The summed E-state index contributed by atoms with van der Waals surface area (Å²) in [7, 11) is -4.06. The molecule has 0 bridgehead atoms. The Kier molecular flexibility index (Phi) is 13.1. The summed E-state index contributed by atoms with van der Waals surface area (Å²) >= 11 is 1.48. The van der Waals surface area contributed by atoms with Gasteiger partial charge in [-0.3, -0.25) is 4.79 Å². The van der Waals surface area contributed by atoms with Crippen molar-refractivity contribution in [1.82, 2.24) is 25.7 Å². The number of oxime groups is 1.